The van der Waals surface area contributed by atoms with Crippen molar-refractivity contribution in [2.24, 2.45) is 0 Å². The van der Waals surface area contributed by atoms with Gasteiger partial charge in [-0.15, -0.1) is 0 Å². The first-order chi connectivity index (χ1) is 18.8. The minimum absolute atomic E-state index is 0.678. The summed E-state index contributed by atoms with van der Waals surface area (Å²) in [6, 6.07) is 51.6. The molecule has 7 rings (SSSR count). The fourth-order valence-electron chi connectivity index (χ4n) is 5.67. The van der Waals surface area contributed by atoms with Crippen molar-refractivity contribution in [2.75, 3.05) is 0 Å². The normalized spacial score (nSPS) is 11.1. The molecule has 0 fully saturated rings. The van der Waals surface area contributed by atoms with Crippen LogP contribution in [0.15, 0.2) is 140 Å². The molecule has 1 heteroatoms. The molecule has 0 saturated carbocycles. The average molecular weight is 482 g/mol. The molecule has 7 aromatic carbocycles. The summed E-state index contributed by atoms with van der Waals surface area (Å²) in [6.45, 7) is 0. The third-order valence-corrected chi connectivity index (χ3v) is 7.47. The van der Waals surface area contributed by atoms with Crippen LogP contribution in [0.4, 0.5) is 0 Å². The summed E-state index contributed by atoms with van der Waals surface area (Å²) in [4.78, 5) is 0. The average Bonchev–Trinajstić information content (AvgIpc) is 2.99. The van der Waals surface area contributed by atoms with E-state index < -0.39 is 0 Å². The third kappa shape index (κ3) is 3.63. The third-order valence-electron chi connectivity index (χ3n) is 7.47. The molecule has 0 aliphatic carbocycles. The Morgan fingerprint density at radius 2 is 0.816 bits per heavy atom. The van der Waals surface area contributed by atoms with E-state index in [9.17, 15) is 0 Å². The van der Waals surface area contributed by atoms with Crippen molar-refractivity contribution in [1.82, 2.24) is 0 Å². The first-order valence-corrected chi connectivity index (χ1v) is 12.8. The van der Waals surface area contributed by atoms with Gasteiger partial charge in [0.1, 0.15) is 0 Å². The van der Waals surface area contributed by atoms with E-state index in [-0.39, 0.29) is 0 Å². The summed E-state index contributed by atoms with van der Waals surface area (Å²) in [5.74, 6) is 0. The summed E-state index contributed by atoms with van der Waals surface area (Å²) in [7, 11) is 0. The molecule has 0 radical (unpaired) electrons. The van der Waals surface area contributed by atoms with Gasteiger partial charge in [-0.05, 0) is 90.0 Å². The monoisotopic (exact) mass is 481 g/mol. The van der Waals surface area contributed by atoms with Crippen molar-refractivity contribution in [1.29, 1.82) is 5.26 Å². The van der Waals surface area contributed by atoms with Gasteiger partial charge in [-0.25, -0.2) is 0 Å². The van der Waals surface area contributed by atoms with Crippen LogP contribution >= 0.6 is 0 Å². The van der Waals surface area contributed by atoms with Gasteiger partial charge in [-0.2, -0.15) is 5.26 Å². The first kappa shape index (κ1) is 22.0. The molecule has 1 nitrogen and oxygen atoms in total. The summed E-state index contributed by atoms with van der Waals surface area (Å²) in [6.07, 6.45) is 0. The van der Waals surface area contributed by atoms with Crippen LogP contribution in [0, 0.1) is 11.3 Å². The van der Waals surface area contributed by atoms with Crippen LogP contribution in [0.5, 0.6) is 0 Å². The highest BCUT2D eigenvalue weighted by Crippen LogP contribution is 2.44. The number of benzene rings is 7. The van der Waals surface area contributed by atoms with E-state index in [2.05, 4.69) is 121 Å². The number of fused-ring (bicyclic) bond motifs is 3. The van der Waals surface area contributed by atoms with Crippen LogP contribution in [0.25, 0.3) is 65.7 Å². The molecule has 0 unspecified atom stereocenters. The second kappa shape index (κ2) is 9.04. The highest BCUT2D eigenvalue weighted by molar-refractivity contribution is 6.21. The smallest absolute Gasteiger partial charge is 0.0991 e. The Morgan fingerprint density at radius 1 is 0.368 bits per heavy atom. The Labute approximate surface area is 221 Å². The minimum Gasteiger partial charge on any atom is -0.192 e. The van der Waals surface area contributed by atoms with Gasteiger partial charge >= 0.3 is 0 Å². The maximum absolute atomic E-state index is 9.12. The molecule has 176 valence electrons. The van der Waals surface area contributed by atoms with E-state index in [0.717, 1.165) is 11.1 Å². The number of nitriles is 1. The van der Waals surface area contributed by atoms with E-state index in [1.807, 2.05) is 24.3 Å². The van der Waals surface area contributed by atoms with Crippen LogP contribution in [0.1, 0.15) is 5.56 Å². The molecule has 0 aliphatic heterocycles. The van der Waals surface area contributed by atoms with Crippen molar-refractivity contribution in [2.45, 2.75) is 0 Å². The van der Waals surface area contributed by atoms with Crippen LogP contribution in [0.2, 0.25) is 0 Å². The van der Waals surface area contributed by atoms with Gasteiger partial charge in [-0.3, -0.25) is 0 Å². The van der Waals surface area contributed by atoms with Crippen LogP contribution in [0.3, 0.4) is 0 Å². The lowest BCUT2D eigenvalue weighted by molar-refractivity contribution is 1.48. The molecule has 0 spiro atoms. The van der Waals surface area contributed by atoms with Crippen LogP contribution in [-0.4, -0.2) is 0 Å². The van der Waals surface area contributed by atoms with Crippen molar-refractivity contribution >= 4 is 32.3 Å². The number of hydrogen-bond donors (Lipinski definition) is 0. The molecular weight excluding hydrogens is 458 g/mol. The highest BCUT2D eigenvalue weighted by atomic mass is 14.2. The van der Waals surface area contributed by atoms with Gasteiger partial charge in [0.05, 0.1) is 11.6 Å². The highest BCUT2D eigenvalue weighted by Gasteiger charge is 2.16. The van der Waals surface area contributed by atoms with E-state index >= 15 is 0 Å². The molecule has 0 aromatic heterocycles. The summed E-state index contributed by atoms with van der Waals surface area (Å²) >= 11 is 0. The zero-order valence-corrected chi connectivity index (χ0v) is 20.7. The largest absolute Gasteiger partial charge is 0.192 e. The summed E-state index contributed by atoms with van der Waals surface area (Å²) in [5, 5.41) is 16.6. The predicted octanol–water partition coefficient (Wildman–Crippen LogP) is 10.0. The zero-order chi connectivity index (χ0) is 25.5. The second-order valence-corrected chi connectivity index (χ2v) is 9.67. The van der Waals surface area contributed by atoms with Gasteiger partial charge < -0.3 is 0 Å². The van der Waals surface area contributed by atoms with Gasteiger partial charge in [-0.1, -0.05) is 115 Å². The SMILES string of the molecule is N#Cc1ccc(-c2ccc3cc(-c4c5ccccc5c(-c5ccccc5)c5ccccc45)ccc3c2)cc1. The van der Waals surface area contributed by atoms with Gasteiger partial charge in [0.2, 0.25) is 0 Å². The summed E-state index contributed by atoms with van der Waals surface area (Å²) < 4.78 is 0. The molecule has 0 saturated heterocycles. The molecule has 0 atom stereocenters. The number of hydrogen-bond acceptors (Lipinski definition) is 1. The molecule has 0 N–H and O–H groups in total. The van der Waals surface area contributed by atoms with E-state index in [4.69, 9.17) is 5.26 Å². The van der Waals surface area contributed by atoms with E-state index in [1.165, 1.54) is 54.6 Å². The molecule has 38 heavy (non-hydrogen) atoms. The molecular formula is C37H23N. The maximum Gasteiger partial charge on any atom is 0.0991 e. The van der Waals surface area contributed by atoms with Crippen molar-refractivity contribution in [3.8, 4) is 39.4 Å². The van der Waals surface area contributed by atoms with Crippen molar-refractivity contribution < 1.29 is 0 Å². The topological polar surface area (TPSA) is 23.8 Å². The Balaban J connectivity index is 1.44. The zero-order valence-electron chi connectivity index (χ0n) is 20.7. The quantitative estimate of drug-likeness (QED) is 0.230. The Kier molecular flexibility index (Phi) is 5.24. The fourth-order valence-corrected chi connectivity index (χ4v) is 5.67. The van der Waals surface area contributed by atoms with E-state index in [0.29, 0.717) is 5.56 Å². The number of nitrogens with zero attached hydrogens (tertiary/aromatic N) is 1. The lowest BCUT2D eigenvalue weighted by Gasteiger charge is -2.18. The van der Waals surface area contributed by atoms with Gasteiger partial charge in [0.25, 0.3) is 0 Å². The van der Waals surface area contributed by atoms with Crippen LogP contribution in [-0.2, 0) is 0 Å². The molecule has 0 amide bonds. The first-order valence-electron chi connectivity index (χ1n) is 12.8. The van der Waals surface area contributed by atoms with Crippen molar-refractivity contribution in [3.63, 3.8) is 0 Å². The standard InChI is InChI=1S/C37H23N/c38-24-25-14-16-26(17-15-25)28-18-19-30-23-31(21-20-29(30)22-28)37-34-12-6-4-10-32(34)36(27-8-2-1-3-9-27)33-11-5-7-13-35(33)37/h1-23H. The van der Waals surface area contributed by atoms with Crippen LogP contribution < -0.4 is 0 Å². The fraction of sp³-hybridized carbons (Fsp3) is 0. The Bertz CT molecular complexity index is 1950. The molecule has 7 aromatic rings. The predicted molar refractivity (Wildman–Crippen MR) is 160 cm³/mol. The minimum atomic E-state index is 0.678. The molecule has 0 heterocycles. The maximum atomic E-state index is 9.12. The van der Waals surface area contributed by atoms with Gasteiger partial charge in [0.15, 0.2) is 0 Å². The lowest BCUT2D eigenvalue weighted by atomic mass is 9.85. The van der Waals surface area contributed by atoms with Gasteiger partial charge in [0, 0.05) is 0 Å². The Morgan fingerprint density at radius 3 is 1.37 bits per heavy atom. The van der Waals surface area contributed by atoms with Crippen molar-refractivity contribution in [3.05, 3.63) is 145 Å². The lowest BCUT2D eigenvalue weighted by Crippen LogP contribution is -1.90. The number of rotatable bonds is 3. The van der Waals surface area contributed by atoms with E-state index in [1.54, 1.807) is 0 Å². The summed E-state index contributed by atoms with van der Waals surface area (Å²) in [5.41, 5.74) is 7.96. The second-order valence-electron chi connectivity index (χ2n) is 9.67. The molecule has 0 bridgehead atoms. The molecule has 0 aliphatic rings. The Hall–Kier alpha value is -5.19.